The molecule has 7 rings (SSSR count). The SMILES string of the molecule is CC1=C[C@H](C)C[C@H](C)C1c1c(C)nn(-c2[c-]c(Oc3[c-]c4c(cc3)c3ccccc3n4-c3cc(C(C)(C)C)ccn3)cc(C(C)C)c2)c1C(C)(C)C.[Pt+2]. The standard InChI is InChI=1S/C47H54N4O.Pt/c1-28(2)33-23-35(51-45(47(10,11)12)44(32(6)49-51)43-30(4)21-29(3)22-31(43)5)26-37(24-33)52-36-17-18-39-38-15-13-14-16-40(38)50(41(39)27-36)42-25-34(19-20-48-42)46(7,8)9;/h13-21,23-25,28-29,31,43H,22H2,1-12H3;/q-2;+2/t29-,31-,43?;/m0./s1. The molecule has 3 atom stereocenters. The van der Waals surface area contributed by atoms with Crippen LogP contribution in [0.3, 0.4) is 0 Å². The van der Waals surface area contributed by atoms with Gasteiger partial charge in [0.1, 0.15) is 5.82 Å². The van der Waals surface area contributed by atoms with Crippen molar-refractivity contribution >= 4 is 21.8 Å². The molecule has 0 saturated heterocycles. The van der Waals surface area contributed by atoms with Crippen LogP contribution in [0, 0.1) is 30.9 Å². The van der Waals surface area contributed by atoms with Gasteiger partial charge < -0.3 is 9.30 Å². The minimum atomic E-state index is -0.146. The van der Waals surface area contributed by atoms with Crippen molar-refractivity contribution < 1.29 is 25.8 Å². The molecule has 1 unspecified atom stereocenters. The Hall–Kier alpha value is -3.95. The topological polar surface area (TPSA) is 44.9 Å². The molecule has 0 fully saturated rings. The van der Waals surface area contributed by atoms with Crippen LogP contribution >= 0.6 is 0 Å². The average molecular weight is 886 g/mol. The Morgan fingerprint density at radius 1 is 0.849 bits per heavy atom. The van der Waals surface area contributed by atoms with E-state index in [9.17, 15) is 0 Å². The van der Waals surface area contributed by atoms with Gasteiger partial charge in [-0.2, -0.15) is 11.2 Å². The number of aromatic nitrogens is 4. The number of benzene rings is 3. The van der Waals surface area contributed by atoms with Crippen molar-refractivity contribution in [2.45, 2.75) is 112 Å². The molecule has 3 aromatic carbocycles. The van der Waals surface area contributed by atoms with Crippen LogP contribution in [0.25, 0.3) is 33.3 Å². The molecule has 3 heterocycles. The van der Waals surface area contributed by atoms with Crippen molar-refractivity contribution in [3.05, 3.63) is 119 Å². The van der Waals surface area contributed by atoms with E-state index in [1.165, 1.54) is 34.4 Å². The second-order valence-corrected chi connectivity index (χ2v) is 17.6. The molecule has 6 aromatic rings. The van der Waals surface area contributed by atoms with Gasteiger partial charge in [-0.25, -0.2) is 4.98 Å². The summed E-state index contributed by atoms with van der Waals surface area (Å²) in [5.41, 5.74) is 10.3. The summed E-state index contributed by atoms with van der Waals surface area (Å²) >= 11 is 0. The minimum absolute atomic E-state index is 0. The van der Waals surface area contributed by atoms with Gasteiger partial charge in [-0.1, -0.05) is 105 Å². The third kappa shape index (κ3) is 7.31. The molecule has 1 aliphatic carbocycles. The molecule has 0 N–H and O–H groups in total. The van der Waals surface area contributed by atoms with Gasteiger partial charge in [0.25, 0.3) is 0 Å². The predicted molar refractivity (Wildman–Crippen MR) is 216 cm³/mol. The molecule has 1 aliphatic rings. The van der Waals surface area contributed by atoms with Crippen molar-refractivity contribution in [1.82, 2.24) is 19.3 Å². The zero-order valence-electron chi connectivity index (χ0n) is 33.5. The third-order valence-electron chi connectivity index (χ3n) is 10.8. The normalized spacial score (nSPS) is 18.1. The number of rotatable bonds is 6. The van der Waals surface area contributed by atoms with E-state index in [4.69, 9.17) is 14.8 Å². The van der Waals surface area contributed by atoms with Gasteiger partial charge in [0.2, 0.25) is 0 Å². The molecule has 0 spiro atoms. The van der Waals surface area contributed by atoms with Gasteiger partial charge in [-0.15, -0.1) is 41.3 Å². The van der Waals surface area contributed by atoms with Gasteiger partial charge in [-0.05, 0) is 78.3 Å². The van der Waals surface area contributed by atoms with Crippen molar-refractivity contribution in [1.29, 1.82) is 0 Å². The summed E-state index contributed by atoms with van der Waals surface area (Å²) in [7, 11) is 0. The van der Waals surface area contributed by atoms with E-state index in [0.29, 0.717) is 29.3 Å². The van der Waals surface area contributed by atoms with E-state index in [1.54, 1.807) is 0 Å². The molecule has 3 aromatic heterocycles. The van der Waals surface area contributed by atoms with Gasteiger partial charge in [0.15, 0.2) is 0 Å². The first-order valence-corrected chi connectivity index (χ1v) is 19.0. The number of para-hydroxylation sites is 1. The number of fused-ring (bicyclic) bond motifs is 3. The summed E-state index contributed by atoms with van der Waals surface area (Å²) in [6, 6.07) is 28.6. The molecular formula is C47H54N4OPt. The van der Waals surface area contributed by atoms with Crippen LogP contribution in [0.5, 0.6) is 11.5 Å². The Labute approximate surface area is 331 Å². The quantitative estimate of drug-likeness (QED) is 0.124. The molecular weight excluding hydrogens is 832 g/mol. The van der Waals surface area contributed by atoms with E-state index in [0.717, 1.165) is 39.0 Å². The molecule has 5 nitrogen and oxygen atoms in total. The van der Waals surface area contributed by atoms with Gasteiger partial charge in [-0.3, -0.25) is 4.68 Å². The fourth-order valence-corrected chi connectivity index (χ4v) is 8.46. The number of nitrogens with zero attached hydrogens (tertiary/aromatic N) is 4. The first-order valence-electron chi connectivity index (χ1n) is 19.0. The van der Waals surface area contributed by atoms with Crippen LogP contribution in [-0.4, -0.2) is 19.3 Å². The van der Waals surface area contributed by atoms with Crippen LogP contribution < -0.4 is 4.74 Å². The number of hydrogen-bond donors (Lipinski definition) is 0. The zero-order chi connectivity index (χ0) is 37.3. The van der Waals surface area contributed by atoms with E-state index in [-0.39, 0.29) is 37.8 Å². The Morgan fingerprint density at radius 3 is 2.26 bits per heavy atom. The summed E-state index contributed by atoms with van der Waals surface area (Å²) in [5.74, 6) is 3.91. The van der Waals surface area contributed by atoms with Crippen LogP contribution in [0.2, 0.25) is 0 Å². The van der Waals surface area contributed by atoms with Crippen molar-refractivity contribution in [2.75, 3.05) is 0 Å². The maximum atomic E-state index is 6.73. The average Bonchev–Trinajstić information content (AvgIpc) is 3.58. The van der Waals surface area contributed by atoms with Crippen LogP contribution in [0.15, 0.2) is 78.5 Å². The van der Waals surface area contributed by atoms with E-state index in [2.05, 4.69) is 165 Å². The second-order valence-electron chi connectivity index (χ2n) is 17.6. The largest absolute Gasteiger partial charge is 2.00 e. The van der Waals surface area contributed by atoms with Crippen molar-refractivity contribution in [3.8, 4) is 23.0 Å². The molecule has 0 amide bonds. The van der Waals surface area contributed by atoms with Crippen LogP contribution in [-0.2, 0) is 31.9 Å². The Morgan fingerprint density at radius 2 is 1.58 bits per heavy atom. The number of ether oxygens (including phenoxy) is 1. The van der Waals surface area contributed by atoms with Crippen LogP contribution in [0.1, 0.15) is 122 Å². The summed E-state index contributed by atoms with van der Waals surface area (Å²) in [4.78, 5) is 4.85. The van der Waals surface area contributed by atoms with Crippen LogP contribution in [0.4, 0.5) is 0 Å². The van der Waals surface area contributed by atoms with Gasteiger partial charge in [0, 0.05) is 40.1 Å². The number of pyridine rings is 1. The maximum Gasteiger partial charge on any atom is 2.00 e. The first kappa shape index (κ1) is 38.8. The molecule has 0 radical (unpaired) electrons. The summed E-state index contributed by atoms with van der Waals surface area (Å²) in [6.07, 6.45) is 5.56. The number of allylic oxidation sites excluding steroid dienone is 2. The maximum absolute atomic E-state index is 6.73. The molecule has 53 heavy (non-hydrogen) atoms. The summed E-state index contributed by atoms with van der Waals surface area (Å²) in [5, 5.41) is 7.54. The van der Waals surface area contributed by atoms with Crippen molar-refractivity contribution in [3.63, 3.8) is 0 Å². The minimum Gasteiger partial charge on any atom is -0.509 e. The molecule has 0 bridgehead atoms. The predicted octanol–water partition coefficient (Wildman–Crippen LogP) is 12.5. The van der Waals surface area contributed by atoms with Gasteiger partial charge in [0.05, 0.1) is 11.4 Å². The Balaban J connectivity index is 0.00000481. The zero-order valence-corrected chi connectivity index (χ0v) is 35.7. The fraction of sp³-hybridized carbons (Fsp3) is 0.404. The third-order valence-corrected chi connectivity index (χ3v) is 10.8. The van der Waals surface area contributed by atoms with Crippen molar-refractivity contribution in [2.24, 2.45) is 11.8 Å². The second kappa shape index (κ2) is 14.4. The fourth-order valence-electron chi connectivity index (χ4n) is 8.46. The Kier molecular flexibility index (Phi) is 10.5. The number of hydrogen-bond acceptors (Lipinski definition) is 3. The van der Waals surface area contributed by atoms with Gasteiger partial charge >= 0.3 is 21.1 Å². The first-order chi connectivity index (χ1) is 24.5. The Bertz CT molecular complexity index is 2330. The van der Waals surface area contributed by atoms with E-state index < -0.39 is 0 Å². The van der Waals surface area contributed by atoms with E-state index >= 15 is 0 Å². The summed E-state index contributed by atoms with van der Waals surface area (Å²) in [6.45, 7) is 27.3. The number of aryl methyl sites for hydroxylation is 1. The van der Waals surface area contributed by atoms with E-state index in [1.807, 2.05) is 12.3 Å². The molecule has 0 aliphatic heterocycles. The smallest absolute Gasteiger partial charge is 0.509 e. The molecule has 0 saturated carbocycles. The molecule has 6 heteroatoms. The molecule has 278 valence electrons. The summed E-state index contributed by atoms with van der Waals surface area (Å²) < 4.78 is 11.1. The monoisotopic (exact) mass is 885 g/mol.